The molecule has 2 nitrogen and oxygen atoms in total. The third-order valence-corrected chi connectivity index (χ3v) is 3.19. The quantitative estimate of drug-likeness (QED) is 0.638. The average Bonchev–Trinajstić information content (AvgIpc) is 2.74. The molecule has 2 aliphatic rings. The van der Waals surface area contributed by atoms with Gasteiger partial charge in [-0.1, -0.05) is 0 Å². The molecule has 0 amide bonds. The van der Waals surface area contributed by atoms with Crippen molar-refractivity contribution in [3.8, 4) is 0 Å². The van der Waals surface area contributed by atoms with Gasteiger partial charge < -0.3 is 10.6 Å². The highest BCUT2D eigenvalue weighted by Crippen LogP contribution is 2.36. The first kappa shape index (κ1) is 7.56. The van der Waals surface area contributed by atoms with Gasteiger partial charge in [-0.2, -0.15) is 0 Å². The molecule has 1 heterocycles. The molecule has 0 aromatic heterocycles. The summed E-state index contributed by atoms with van der Waals surface area (Å²) in [7, 11) is 2.21. The van der Waals surface area contributed by atoms with E-state index < -0.39 is 0 Å². The minimum atomic E-state index is 0.475. The summed E-state index contributed by atoms with van der Waals surface area (Å²) in [5.41, 5.74) is 6.13. The number of nitrogens with two attached hydrogens (primary N) is 1. The third-order valence-electron chi connectivity index (χ3n) is 3.19. The number of rotatable bonds is 2. The average molecular weight is 154 g/mol. The van der Waals surface area contributed by atoms with Gasteiger partial charge in [-0.05, 0) is 45.2 Å². The number of nitrogens with zero attached hydrogens (tertiary/aromatic N) is 1. The van der Waals surface area contributed by atoms with E-state index in [1.54, 1.807) is 0 Å². The van der Waals surface area contributed by atoms with E-state index in [9.17, 15) is 0 Å². The Morgan fingerprint density at radius 3 is 2.55 bits per heavy atom. The summed E-state index contributed by atoms with van der Waals surface area (Å²) in [6.45, 7) is 1.26. The molecule has 0 spiro atoms. The highest BCUT2D eigenvalue weighted by Gasteiger charge is 2.37. The van der Waals surface area contributed by atoms with Gasteiger partial charge in [-0.3, -0.25) is 0 Å². The summed E-state index contributed by atoms with van der Waals surface area (Å²) in [4.78, 5) is 2.43. The number of hydrogen-bond acceptors (Lipinski definition) is 2. The minimum Gasteiger partial charge on any atom is -0.326 e. The molecular weight excluding hydrogens is 136 g/mol. The Balaban J connectivity index is 1.91. The first-order valence-electron chi connectivity index (χ1n) is 4.75. The lowest BCUT2D eigenvalue weighted by Gasteiger charge is -2.25. The van der Waals surface area contributed by atoms with Gasteiger partial charge in [-0.25, -0.2) is 0 Å². The van der Waals surface area contributed by atoms with E-state index in [2.05, 4.69) is 11.9 Å². The molecule has 11 heavy (non-hydrogen) atoms. The van der Waals surface area contributed by atoms with Crippen LogP contribution in [0.5, 0.6) is 0 Å². The molecule has 2 rings (SSSR count). The molecule has 1 saturated carbocycles. The summed E-state index contributed by atoms with van der Waals surface area (Å²) in [6, 6.07) is 1.17. The van der Waals surface area contributed by atoms with Gasteiger partial charge in [0.25, 0.3) is 0 Å². The normalized spacial score (nSPS) is 36.0. The smallest absolute Gasteiger partial charge is 0.0247 e. The van der Waals surface area contributed by atoms with E-state index in [1.807, 2.05) is 0 Å². The van der Waals surface area contributed by atoms with Gasteiger partial charge in [0.15, 0.2) is 0 Å². The molecule has 1 aliphatic carbocycles. The van der Waals surface area contributed by atoms with Crippen LogP contribution in [0.15, 0.2) is 0 Å². The number of likely N-dealkylation sites (N-methyl/N-ethyl adjacent to an activating group) is 1. The predicted molar refractivity (Wildman–Crippen MR) is 46.4 cm³/mol. The lowest BCUT2D eigenvalue weighted by molar-refractivity contribution is 0.257. The molecule has 1 aliphatic heterocycles. The first-order chi connectivity index (χ1) is 5.29. The molecule has 2 unspecified atom stereocenters. The maximum absolute atomic E-state index is 6.13. The zero-order valence-electron chi connectivity index (χ0n) is 7.29. The molecule has 0 radical (unpaired) electrons. The second-order valence-electron chi connectivity index (χ2n) is 4.10. The van der Waals surface area contributed by atoms with Crippen LogP contribution >= 0.6 is 0 Å². The fourth-order valence-corrected chi connectivity index (χ4v) is 2.22. The Kier molecular flexibility index (Phi) is 1.90. The molecule has 2 N–H and O–H groups in total. The van der Waals surface area contributed by atoms with Crippen LogP contribution in [0.4, 0.5) is 0 Å². The van der Waals surface area contributed by atoms with E-state index in [-0.39, 0.29) is 0 Å². The van der Waals surface area contributed by atoms with Crippen molar-refractivity contribution >= 4 is 0 Å². The van der Waals surface area contributed by atoms with Crippen LogP contribution < -0.4 is 5.73 Å². The van der Waals surface area contributed by atoms with Crippen LogP contribution in [0.2, 0.25) is 0 Å². The molecule has 2 fully saturated rings. The van der Waals surface area contributed by atoms with Crippen molar-refractivity contribution < 1.29 is 0 Å². The standard InChI is InChI=1S/C9H18N2/c1-11-6-2-3-8(11)9(10)7-4-5-7/h7-9H,2-6,10H2,1H3. The van der Waals surface area contributed by atoms with Crippen molar-refractivity contribution in [2.24, 2.45) is 11.7 Å². The predicted octanol–water partition coefficient (Wildman–Crippen LogP) is 0.818. The second-order valence-corrected chi connectivity index (χ2v) is 4.10. The number of hydrogen-bond donors (Lipinski definition) is 1. The molecular formula is C9H18N2. The Labute approximate surface area is 68.7 Å². The largest absolute Gasteiger partial charge is 0.326 e. The zero-order chi connectivity index (χ0) is 7.84. The van der Waals surface area contributed by atoms with Gasteiger partial charge in [-0.15, -0.1) is 0 Å². The monoisotopic (exact) mass is 154 g/mol. The Bertz CT molecular complexity index is 142. The van der Waals surface area contributed by atoms with E-state index in [4.69, 9.17) is 5.73 Å². The topological polar surface area (TPSA) is 29.3 Å². The van der Waals surface area contributed by atoms with Crippen LogP contribution in [-0.4, -0.2) is 30.6 Å². The van der Waals surface area contributed by atoms with Gasteiger partial charge in [0.05, 0.1) is 0 Å². The van der Waals surface area contributed by atoms with Crippen molar-refractivity contribution in [3.63, 3.8) is 0 Å². The fraction of sp³-hybridized carbons (Fsp3) is 1.00. The summed E-state index contributed by atoms with van der Waals surface area (Å²) < 4.78 is 0. The van der Waals surface area contributed by atoms with E-state index in [0.717, 1.165) is 5.92 Å². The van der Waals surface area contributed by atoms with Crippen molar-refractivity contribution in [1.82, 2.24) is 4.90 Å². The summed E-state index contributed by atoms with van der Waals surface area (Å²) in [5.74, 6) is 0.862. The maximum Gasteiger partial charge on any atom is 0.0247 e. The maximum atomic E-state index is 6.13. The third kappa shape index (κ3) is 1.42. The van der Waals surface area contributed by atoms with Crippen molar-refractivity contribution in [2.75, 3.05) is 13.6 Å². The van der Waals surface area contributed by atoms with Gasteiger partial charge >= 0.3 is 0 Å². The van der Waals surface area contributed by atoms with Crippen molar-refractivity contribution in [3.05, 3.63) is 0 Å². The molecule has 0 aromatic carbocycles. The zero-order valence-corrected chi connectivity index (χ0v) is 7.29. The van der Waals surface area contributed by atoms with E-state index in [0.29, 0.717) is 12.1 Å². The first-order valence-corrected chi connectivity index (χ1v) is 4.75. The number of likely N-dealkylation sites (tertiary alicyclic amines) is 1. The van der Waals surface area contributed by atoms with Crippen LogP contribution in [0.1, 0.15) is 25.7 Å². The minimum absolute atomic E-state index is 0.475. The fourth-order valence-electron chi connectivity index (χ4n) is 2.22. The molecule has 64 valence electrons. The molecule has 2 atom stereocenters. The molecule has 1 saturated heterocycles. The summed E-state index contributed by atoms with van der Waals surface area (Å²) in [5, 5.41) is 0. The highest BCUT2D eigenvalue weighted by atomic mass is 15.2. The Morgan fingerprint density at radius 1 is 1.36 bits per heavy atom. The Morgan fingerprint density at radius 2 is 2.09 bits per heavy atom. The molecule has 0 aromatic rings. The van der Waals surface area contributed by atoms with Crippen molar-refractivity contribution in [2.45, 2.75) is 37.8 Å². The lowest BCUT2D eigenvalue weighted by atomic mass is 10.0. The molecule has 0 bridgehead atoms. The van der Waals surface area contributed by atoms with Gasteiger partial charge in [0.2, 0.25) is 0 Å². The van der Waals surface area contributed by atoms with Crippen LogP contribution in [0.3, 0.4) is 0 Å². The van der Waals surface area contributed by atoms with Crippen molar-refractivity contribution in [1.29, 1.82) is 0 Å². The Hall–Kier alpha value is -0.0800. The van der Waals surface area contributed by atoms with E-state index in [1.165, 1.54) is 32.2 Å². The van der Waals surface area contributed by atoms with Gasteiger partial charge in [0, 0.05) is 12.1 Å². The van der Waals surface area contributed by atoms with Crippen LogP contribution in [-0.2, 0) is 0 Å². The summed E-state index contributed by atoms with van der Waals surface area (Å²) in [6.07, 6.45) is 5.44. The van der Waals surface area contributed by atoms with Gasteiger partial charge in [0.1, 0.15) is 0 Å². The molecule has 2 heteroatoms. The second kappa shape index (κ2) is 2.76. The van der Waals surface area contributed by atoms with Crippen LogP contribution in [0, 0.1) is 5.92 Å². The lowest BCUT2D eigenvalue weighted by Crippen LogP contribution is -2.43. The van der Waals surface area contributed by atoms with Crippen LogP contribution in [0.25, 0.3) is 0 Å². The van der Waals surface area contributed by atoms with E-state index >= 15 is 0 Å². The summed E-state index contributed by atoms with van der Waals surface area (Å²) >= 11 is 0. The SMILES string of the molecule is CN1CCCC1C(N)C1CC1. The highest BCUT2D eigenvalue weighted by molar-refractivity contribution is 4.94.